The smallest absolute Gasteiger partial charge is 0.133 e. The van der Waals surface area contributed by atoms with Crippen LogP contribution in [0.4, 0.5) is 5.82 Å². The number of pyridine rings is 1. The van der Waals surface area contributed by atoms with Crippen LogP contribution in [0.2, 0.25) is 0 Å². The predicted molar refractivity (Wildman–Crippen MR) is 81.7 cm³/mol. The van der Waals surface area contributed by atoms with Crippen molar-refractivity contribution in [1.82, 2.24) is 10.3 Å². The lowest BCUT2D eigenvalue weighted by Gasteiger charge is -2.32. The van der Waals surface area contributed by atoms with Gasteiger partial charge in [0.05, 0.1) is 0 Å². The fraction of sp³-hybridized carbons (Fsp3) is 0.688. The monoisotopic (exact) mass is 261 g/mol. The number of hydrogen-bond acceptors (Lipinski definition) is 3. The minimum absolute atomic E-state index is 0.875. The molecular formula is C16H27N3. The van der Waals surface area contributed by atoms with E-state index in [4.69, 9.17) is 4.98 Å². The molecule has 0 bridgehead atoms. The van der Waals surface area contributed by atoms with E-state index in [2.05, 4.69) is 44.1 Å². The van der Waals surface area contributed by atoms with Gasteiger partial charge in [0, 0.05) is 31.4 Å². The van der Waals surface area contributed by atoms with E-state index in [0.29, 0.717) is 0 Å². The molecule has 106 valence electrons. The van der Waals surface area contributed by atoms with Crippen LogP contribution >= 0.6 is 0 Å². The van der Waals surface area contributed by atoms with Gasteiger partial charge in [-0.1, -0.05) is 13.3 Å². The first kappa shape index (κ1) is 14.3. The highest BCUT2D eigenvalue weighted by molar-refractivity contribution is 5.51. The maximum absolute atomic E-state index is 4.78. The molecular weight excluding hydrogens is 234 g/mol. The molecule has 2 rings (SSSR count). The van der Waals surface area contributed by atoms with E-state index in [1.165, 1.54) is 36.2 Å². The summed E-state index contributed by atoms with van der Waals surface area (Å²) in [5.41, 5.74) is 3.83. The van der Waals surface area contributed by atoms with Crippen molar-refractivity contribution in [3.8, 4) is 0 Å². The average Bonchev–Trinajstić information content (AvgIpc) is 2.31. The highest BCUT2D eigenvalue weighted by Crippen LogP contribution is 2.29. The Kier molecular flexibility index (Phi) is 4.81. The molecule has 0 unspecified atom stereocenters. The SMILES string of the molecule is CCNCc1c(C)cc(C)nc1N(C)CC1CCC1. The zero-order valence-electron chi connectivity index (χ0n) is 12.8. The van der Waals surface area contributed by atoms with Gasteiger partial charge in [-0.2, -0.15) is 0 Å². The van der Waals surface area contributed by atoms with Gasteiger partial charge in [0.15, 0.2) is 0 Å². The minimum Gasteiger partial charge on any atom is -0.359 e. The maximum atomic E-state index is 4.78. The Morgan fingerprint density at radius 2 is 2.11 bits per heavy atom. The van der Waals surface area contributed by atoms with E-state index in [1.807, 2.05) is 0 Å². The Bertz CT molecular complexity index is 424. The van der Waals surface area contributed by atoms with E-state index in [1.54, 1.807) is 0 Å². The molecule has 1 aromatic rings. The maximum Gasteiger partial charge on any atom is 0.133 e. The first-order valence-corrected chi connectivity index (χ1v) is 7.50. The fourth-order valence-corrected chi connectivity index (χ4v) is 2.78. The van der Waals surface area contributed by atoms with Crippen LogP contribution in [-0.4, -0.2) is 25.1 Å². The van der Waals surface area contributed by atoms with Gasteiger partial charge in [-0.05, 0) is 50.8 Å². The molecule has 1 fully saturated rings. The number of aryl methyl sites for hydroxylation is 2. The molecule has 0 aliphatic heterocycles. The molecule has 1 aromatic heterocycles. The van der Waals surface area contributed by atoms with Crippen LogP contribution in [0, 0.1) is 19.8 Å². The number of rotatable bonds is 6. The summed E-state index contributed by atoms with van der Waals surface area (Å²) in [6.45, 7) is 9.50. The topological polar surface area (TPSA) is 28.2 Å². The zero-order valence-corrected chi connectivity index (χ0v) is 12.8. The molecule has 0 amide bonds. The second-order valence-electron chi connectivity index (χ2n) is 5.84. The highest BCUT2D eigenvalue weighted by atomic mass is 15.2. The largest absolute Gasteiger partial charge is 0.359 e. The summed E-state index contributed by atoms with van der Waals surface area (Å²) >= 11 is 0. The minimum atomic E-state index is 0.875. The molecule has 19 heavy (non-hydrogen) atoms. The Morgan fingerprint density at radius 3 is 2.68 bits per heavy atom. The summed E-state index contributed by atoms with van der Waals surface area (Å²) in [6, 6.07) is 2.19. The zero-order chi connectivity index (χ0) is 13.8. The lowest BCUT2D eigenvalue weighted by molar-refractivity contribution is 0.321. The van der Waals surface area contributed by atoms with Gasteiger partial charge in [-0.15, -0.1) is 0 Å². The van der Waals surface area contributed by atoms with E-state index < -0.39 is 0 Å². The van der Waals surface area contributed by atoms with Crippen LogP contribution in [-0.2, 0) is 6.54 Å². The van der Waals surface area contributed by atoms with Gasteiger partial charge < -0.3 is 10.2 Å². The Balaban J connectivity index is 2.19. The van der Waals surface area contributed by atoms with Crippen molar-refractivity contribution in [3.05, 3.63) is 22.9 Å². The summed E-state index contributed by atoms with van der Waals surface area (Å²) in [5.74, 6) is 2.05. The van der Waals surface area contributed by atoms with Crippen molar-refractivity contribution < 1.29 is 0 Å². The van der Waals surface area contributed by atoms with Crippen LogP contribution in [0.1, 0.15) is 43.0 Å². The molecule has 1 heterocycles. The third-order valence-electron chi connectivity index (χ3n) is 4.12. The molecule has 0 spiro atoms. The highest BCUT2D eigenvalue weighted by Gasteiger charge is 2.21. The Labute approximate surface area is 117 Å². The molecule has 1 saturated carbocycles. The first-order valence-electron chi connectivity index (χ1n) is 7.50. The van der Waals surface area contributed by atoms with Crippen LogP contribution in [0.5, 0.6) is 0 Å². The number of nitrogens with zero attached hydrogens (tertiary/aromatic N) is 2. The molecule has 3 heteroatoms. The van der Waals surface area contributed by atoms with Gasteiger partial charge in [0.2, 0.25) is 0 Å². The molecule has 3 nitrogen and oxygen atoms in total. The number of anilines is 1. The van der Waals surface area contributed by atoms with Crippen molar-refractivity contribution in [2.75, 3.05) is 25.0 Å². The predicted octanol–water partition coefficient (Wildman–Crippen LogP) is 3.04. The second-order valence-corrected chi connectivity index (χ2v) is 5.84. The fourth-order valence-electron chi connectivity index (χ4n) is 2.78. The molecule has 0 aromatic carbocycles. The summed E-state index contributed by atoms with van der Waals surface area (Å²) in [7, 11) is 2.19. The van der Waals surface area contributed by atoms with Crippen molar-refractivity contribution >= 4 is 5.82 Å². The summed E-state index contributed by atoms with van der Waals surface area (Å²) in [4.78, 5) is 7.14. The number of aromatic nitrogens is 1. The normalized spacial score (nSPS) is 15.4. The molecule has 1 aliphatic carbocycles. The van der Waals surface area contributed by atoms with Gasteiger partial charge >= 0.3 is 0 Å². The van der Waals surface area contributed by atoms with Gasteiger partial charge in [0.1, 0.15) is 5.82 Å². The molecule has 0 atom stereocenters. The van der Waals surface area contributed by atoms with Crippen LogP contribution in [0.25, 0.3) is 0 Å². The number of hydrogen-bond donors (Lipinski definition) is 1. The van der Waals surface area contributed by atoms with Crippen molar-refractivity contribution in [2.24, 2.45) is 5.92 Å². The van der Waals surface area contributed by atoms with Gasteiger partial charge in [-0.3, -0.25) is 0 Å². The van der Waals surface area contributed by atoms with E-state index in [0.717, 1.165) is 31.2 Å². The second kappa shape index (κ2) is 6.38. The van der Waals surface area contributed by atoms with Gasteiger partial charge in [0.25, 0.3) is 0 Å². The molecule has 0 radical (unpaired) electrons. The van der Waals surface area contributed by atoms with E-state index in [-0.39, 0.29) is 0 Å². The van der Waals surface area contributed by atoms with Crippen LogP contribution in [0.15, 0.2) is 6.07 Å². The average molecular weight is 261 g/mol. The molecule has 1 N–H and O–H groups in total. The van der Waals surface area contributed by atoms with Crippen molar-refractivity contribution in [1.29, 1.82) is 0 Å². The Hall–Kier alpha value is -1.09. The van der Waals surface area contributed by atoms with Crippen LogP contribution in [0.3, 0.4) is 0 Å². The first-order chi connectivity index (χ1) is 9.11. The van der Waals surface area contributed by atoms with Crippen molar-refractivity contribution in [3.63, 3.8) is 0 Å². The van der Waals surface area contributed by atoms with Gasteiger partial charge in [-0.25, -0.2) is 4.98 Å². The lowest BCUT2D eigenvalue weighted by atomic mass is 9.85. The molecule has 1 aliphatic rings. The lowest BCUT2D eigenvalue weighted by Crippen LogP contribution is -2.31. The summed E-state index contributed by atoms with van der Waals surface area (Å²) in [5, 5.41) is 3.43. The summed E-state index contributed by atoms with van der Waals surface area (Å²) in [6.07, 6.45) is 4.18. The van der Waals surface area contributed by atoms with Crippen LogP contribution < -0.4 is 10.2 Å². The third kappa shape index (κ3) is 3.47. The van der Waals surface area contributed by atoms with Crippen molar-refractivity contribution in [2.45, 2.75) is 46.6 Å². The standard InChI is InChI=1S/C16H27N3/c1-5-17-10-15-12(2)9-13(3)18-16(15)19(4)11-14-7-6-8-14/h9,14,17H,5-8,10-11H2,1-4H3. The number of nitrogens with one attached hydrogen (secondary N) is 1. The molecule has 0 saturated heterocycles. The van der Waals surface area contributed by atoms with E-state index in [9.17, 15) is 0 Å². The third-order valence-corrected chi connectivity index (χ3v) is 4.12. The Morgan fingerprint density at radius 1 is 1.37 bits per heavy atom. The quantitative estimate of drug-likeness (QED) is 0.853. The van der Waals surface area contributed by atoms with E-state index >= 15 is 0 Å². The summed E-state index contributed by atoms with van der Waals surface area (Å²) < 4.78 is 0.